The SMILES string of the molecule is CNCS(=O)(=O)c1ccc(Cl)cc1. The van der Waals surface area contributed by atoms with Gasteiger partial charge in [0.05, 0.1) is 4.90 Å². The largest absolute Gasteiger partial charge is 0.306 e. The molecular formula is C8H10ClNO2S. The monoisotopic (exact) mass is 219 g/mol. The molecule has 1 aromatic carbocycles. The molecule has 0 saturated heterocycles. The average Bonchev–Trinajstić information content (AvgIpc) is 2.05. The molecule has 0 saturated carbocycles. The van der Waals surface area contributed by atoms with E-state index in [9.17, 15) is 8.42 Å². The highest BCUT2D eigenvalue weighted by Gasteiger charge is 2.11. The molecule has 0 aliphatic heterocycles. The summed E-state index contributed by atoms with van der Waals surface area (Å²) in [5, 5.41) is 3.13. The van der Waals surface area contributed by atoms with Gasteiger partial charge >= 0.3 is 0 Å². The third-order valence-electron chi connectivity index (χ3n) is 1.51. The lowest BCUT2D eigenvalue weighted by molar-refractivity contribution is 0.591. The summed E-state index contributed by atoms with van der Waals surface area (Å²) in [6.07, 6.45) is 0. The lowest BCUT2D eigenvalue weighted by atomic mass is 10.4. The maximum atomic E-state index is 11.4. The van der Waals surface area contributed by atoms with Crippen LogP contribution in [0.2, 0.25) is 5.02 Å². The second-order valence-electron chi connectivity index (χ2n) is 2.57. The van der Waals surface area contributed by atoms with Gasteiger partial charge in [0.15, 0.2) is 9.84 Å². The summed E-state index contributed by atoms with van der Waals surface area (Å²) in [6, 6.07) is 6.11. The van der Waals surface area contributed by atoms with Crippen LogP contribution in [0.5, 0.6) is 0 Å². The van der Waals surface area contributed by atoms with Gasteiger partial charge < -0.3 is 5.32 Å². The Bertz CT molecular complexity index is 372. The minimum atomic E-state index is -3.20. The predicted octanol–water partition coefficient (Wildman–Crippen LogP) is 1.29. The number of nitrogens with one attached hydrogen (secondary N) is 1. The van der Waals surface area contributed by atoms with Crippen LogP contribution in [-0.2, 0) is 9.84 Å². The molecule has 0 atom stereocenters. The lowest BCUT2D eigenvalue weighted by Crippen LogP contribution is -2.18. The summed E-state index contributed by atoms with van der Waals surface area (Å²) in [5.74, 6) is -0.0609. The molecule has 0 spiro atoms. The van der Waals surface area contributed by atoms with Crippen molar-refractivity contribution in [2.75, 3.05) is 12.9 Å². The molecule has 13 heavy (non-hydrogen) atoms. The van der Waals surface area contributed by atoms with Gasteiger partial charge in [-0.1, -0.05) is 11.6 Å². The van der Waals surface area contributed by atoms with Gasteiger partial charge in [-0.05, 0) is 31.3 Å². The summed E-state index contributed by atoms with van der Waals surface area (Å²) >= 11 is 5.63. The van der Waals surface area contributed by atoms with Crippen LogP contribution in [0, 0.1) is 0 Å². The molecule has 5 heteroatoms. The second-order valence-corrected chi connectivity index (χ2v) is 4.99. The van der Waals surface area contributed by atoms with Crippen molar-refractivity contribution >= 4 is 21.4 Å². The fraction of sp³-hybridized carbons (Fsp3) is 0.250. The van der Waals surface area contributed by atoms with Crippen LogP contribution in [-0.4, -0.2) is 21.3 Å². The van der Waals surface area contributed by atoms with Crippen LogP contribution in [0.25, 0.3) is 0 Å². The Morgan fingerprint density at radius 1 is 1.31 bits per heavy atom. The number of halogens is 1. The van der Waals surface area contributed by atoms with E-state index < -0.39 is 9.84 Å². The topological polar surface area (TPSA) is 46.2 Å². The first-order valence-electron chi connectivity index (χ1n) is 3.69. The normalized spacial score (nSPS) is 11.5. The van der Waals surface area contributed by atoms with Gasteiger partial charge in [0.25, 0.3) is 0 Å². The van der Waals surface area contributed by atoms with Crippen LogP contribution < -0.4 is 5.32 Å². The van der Waals surface area contributed by atoms with Gasteiger partial charge in [0, 0.05) is 5.02 Å². The van der Waals surface area contributed by atoms with E-state index in [0.29, 0.717) is 5.02 Å². The third kappa shape index (κ3) is 2.69. The summed E-state index contributed by atoms with van der Waals surface area (Å²) in [7, 11) is -1.61. The van der Waals surface area contributed by atoms with Crippen LogP contribution in [0.15, 0.2) is 29.2 Å². The first-order chi connectivity index (χ1) is 6.06. The van der Waals surface area contributed by atoms with Gasteiger partial charge in [-0.3, -0.25) is 0 Å². The minimum absolute atomic E-state index is 0.0609. The van der Waals surface area contributed by atoms with Gasteiger partial charge in [-0.2, -0.15) is 0 Å². The second kappa shape index (κ2) is 4.09. The summed E-state index contributed by atoms with van der Waals surface area (Å²) < 4.78 is 22.9. The van der Waals surface area contributed by atoms with Gasteiger partial charge in [-0.25, -0.2) is 8.42 Å². The number of rotatable bonds is 3. The fourth-order valence-corrected chi connectivity index (χ4v) is 2.14. The molecule has 0 amide bonds. The minimum Gasteiger partial charge on any atom is -0.306 e. The lowest BCUT2D eigenvalue weighted by Gasteiger charge is -2.02. The van der Waals surface area contributed by atoms with Crippen molar-refractivity contribution in [1.29, 1.82) is 0 Å². The highest BCUT2D eigenvalue weighted by atomic mass is 35.5. The van der Waals surface area contributed by atoms with Crippen molar-refractivity contribution in [3.05, 3.63) is 29.3 Å². The Balaban J connectivity index is 3.02. The Hall–Kier alpha value is -0.580. The zero-order chi connectivity index (χ0) is 9.90. The Morgan fingerprint density at radius 2 is 1.85 bits per heavy atom. The average molecular weight is 220 g/mol. The first kappa shape index (κ1) is 10.5. The molecular weight excluding hydrogens is 210 g/mol. The van der Waals surface area contributed by atoms with E-state index in [0.717, 1.165) is 0 Å². The number of hydrogen-bond acceptors (Lipinski definition) is 3. The van der Waals surface area contributed by atoms with Crippen molar-refractivity contribution in [3.8, 4) is 0 Å². The predicted molar refractivity (Wildman–Crippen MR) is 52.6 cm³/mol. The first-order valence-corrected chi connectivity index (χ1v) is 5.72. The number of sulfone groups is 1. The zero-order valence-corrected chi connectivity index (χ0v) is 8.69. The maximum absolute atomic E-state index is 11.4. The molecule has 1 N–H and O–H groups in total. The van der Waals surface area contributed by atoms with E-state index in [4.69, 9.17) is 11.6 Å². The molecule has 0 aromatic heterocycles. The van der Waals surface area contributed by atoms with Gasteiger partial charge in [-0.15, -0.1) is 0 Å². The smallest absolute Gasteiger partial charge is 0.191 e. The van der Waals surface area contributed by atoms with E-state index in [1.54, 1.807) is 19.2 Å². The fourth-order valence-electron chi connectivity index (χ4n) is 0.915. The number of benzene rings is 1. The van der Waals surface area contributed by atoms with Crippen LogP contribution in [0.3, 0.4) is 0 Å². The Labute approximate surface area is 82.6 Å². The number of hydrogen-bond donors (Lipinski definition) is 1. The molecule has 0 unspecified atom stereocenters. The van der Waals surface area contributed by atoms with Gasteiger partial charge in [0.1, 0.15) is 5.88 Å². The molecule has 0 radical (unpaired) electrons. The van der Waals surface area contributed by atoms with E-state index in [-0.39, 0.29) is 10.8 Å². The van der Waals surface area contributed by atoms with Crippen LogP contribution in [0.4, 0.5) is 0 Å². The van der Waals surface area contributed by atoms with E-state index in [1.807, 2.05) is 0 Å². The summed E-state index contributed by atoms with van der Waals surface area (Å²) in [4.78, 5) is 0.284. The molecule has 0 fully saturated rings. The quantitative estimate of drug-likeness (QED) is 0.834. The molecule has 0 aliphatic rings. The standard InChI is InChI=1S/C8H10ClNO2S/c1-10-6-13(11,12)8-4-2-7(9)3-5-8/h2-5,10H,6H2,1H3. The summed E-state index contributed by atoms with van der Waals surface area (Å²) in [6.45, 7) is 0. The molecule has 3 nitrogen and oxygen atoms in total. The summed E-state index contributed by atoms with van der Waals surface area (Å²) in [5.41, 5.74) is 0. The van der Waals surface area contributed by atoms with Crippen molar-refractivity contribution in [1.82, 2.24) is 5.32 Å². The van der Waals surface area contributed by atoms with Crippen LogP contribution >= 0.6 is 11.6 Å². The molecule has 0 heterocycles. The van der Waals surface area contributed by atoms with Crippen molar-refractivity contribution in [3.63, 3.8) is 0 Å². The van der Waals surface area contributed by atoms with Crippen molar-refractivity contribution < 1.29 is 8.42 Å². The highest BCUT2D eigenvalue weighted by molar-refractivity contribution is 7.91. The van der Waals surface area contributed by atoms with E-state index in [2.05, 4.69) is 5.32 Å². The molecule has 0 aliphatic carbocycles. The maximum Gasteiger partial charge on any atom is 0.191 e. The highest BCUT2D eigenvalue weighted by Crippen LogP contribution is 2.14. The Kier molecular flexibility index (Phi) is 3.30. The Morgan fingerprint density at radius 3 is 2.31 bits per heavy atom. The van der Waals surface area contributed by atoms with E-state index >= 15 is 0 Å². The van der Waals surface area contributed by atoms with Crippen molar-refractivity contribution in [2.24, 2.45) is 0 Å². The molecule has 1 rings (SSSR count). The molecule has 0 bridgehead atoms. The zero-order valence-electron chi connectivity index (χ0n) is 7.12. The van der Waals surface area contributed by atoms with Crippen LogP contribution in [0.1, 0.15) is 0 Å². The third-order valence-corrected chi connectivity index (χ3v) is 3.42. The molecule has 72 valence electrons. The van der Waals surface area contributed by atoms with E-state index in [1.165, 1.54) is 12.1 Å². The van der Waals surface area contributed by atoms with Gasteiger partial charge in [0.2, 0.25) is 0 Å². The molecule has 1 aromatic rings. The van der Waals surface area contributed by atoms with Crippen molar-refractivity contribution in [2.45, 2.75) is 4.90 Å².